The zero-order valence-corrected chi connectivity index (χ0v) is 12.6. The number of likely N-dealkylation sites (N-methyl/N-ethyl adjacent to an activating group) is 1. The van der Waals surface area contributed by atoms with E-state index in [9.17, 15) is 5.11 Å². The van der Waals surface area contributed by atoms with Crippen LogP contribution >= 0.6 is 0 Å². The summed E-state index contributed by atoms with van der Waals surface area (Å²) in [5.41, 5.74) is 2.26. The van der Waals surface area contributed by atoms with Gasteiger partial charge in [0.1, 0.15) is 5.75 Å². The van der Waals surface area contributed by atoms with Gasteiger partial charge in [0, 0.05) is 24.2 Å². The highest BCUT2D eigenvalue weighted by atomic mass is 16.3. The van der Waals surface area contributed by atoms with Gasteiger partial charge in [-0.3, -0.25) is 4.90 Å². The van der Waals surface area contributed by atoms with Crippen LogP contribution in [0.4, 0.5) is 0 Å². The van der Waals surface area contributed by atoms with E-state index in [1.807, 2.05) is 12.1 Å². The van der Waals surface area contributed by atoms with Crippen molar-refractivity contribution in [1.82, 2.24) is 9.80 Å². The van der Waals surface area contributed by atoms with Crippen molar-refractivity contribution in [3.05, 3.63) is 29.3 Å². The molecule has 1 aliphatic heterocycles. The van der Waals surface area contributed by atoms with Crippen molar-refractivity contribution in [2.45, 2.75) is 38.8 Å². The first kappa shape index (κ1) is 14.4. The van der Waals surface area contributed by atoms with Crippen LogP contribution in [0.3, 0.4) is 0 Å². The number of nitrogens with zero attached hydrogens (tertiary/aromatic N) is 2. The summed E-state index contributed by atoms with van der Waals surface area (Å²) in [6.45, 7) is 6.49. The van der Waals surface area contributed by atoms with E-state index in [-0.39, 0.29) is 6.04 Å². The minimum absolute atomic E-state index is 0.280. The maximum Gasteiger partial charge on any atom is 0.120 e. The molecule has 1 aromatic carbocycles. The third-order valence-corrected chi connectivity index (χ3v) is 4.34. The van der Waals surface area contributed by atoms with Gasteiger partial charge in [-0.2, -0.15) is 0 Å². The van der Waals surface area contributed by atoms with Crippen molar-refractivity contribution in [1.29, 1.82) is 0 Å². The Morgan fingerprint density at radius 1 is 1.37 bits per heavy atom. The molecule has 1 aliphatic rings. The van der Waals surface area contributed by atoms with Crippen molar-refractivity contribution < 1.29 is 5.11 Å². The van der Waals surface area contributed by atoms with Crippen molar-refractivity contribution in [2.75, 3.05) is 27.2 Å². The largest absolute Gasteiger partial charge is 0.508 e. The summed E-state index contributed by atoms with van der Waals surface area (Å²) in [6.07, 6.45) is 2.51. The highest BCUT2D eigenvalue weighted by Gasteiger charge is 2.26. The Bertz CT molecular complexity index is 431. The number of hydrogen-bond donors (Lipinski definition) is 1. The molecule has 19 heavy (non-hydrogen) atoms. The lowest BCUT2D eigenvalue weighted by atomic mass is 9.98. The summed E-state index contributed by atoms with van der Waals surface area (Å²) in [7, 11) is 4.31. The van der Waals surface area contributed by atoms with Gasteiger partial charge in [0.15, 0.2) is 0 Å². The molecule has 106 valence electrons. The molecule has 2 atom stereocenters. The molecule has 0 bridgehead atoms. The standard InChI is InChI=1S/C16H26N2O/c1-12-7-8-16(19)15(10-12)13(2)18-9-5-6-14(11-18)17(3)4/h7-8,10,13-14,19H,5-6,9,11H2,1-4H3. The highest BCUT2D eigenvalue weighted by molar-refractivity contribution is 5.37. The van der Waals surface area contributed by atoms with Crippen LogP contribution in [0, 0.1) is 6.92 Å². The molecule has 2 rings (SSSR count). The van der Waals surface area contributed by atoms with E-state index in [0.29, 0.717) is 11.8 Å². The van der Waals surface area contributed by atoms with Crippen LogP contribution in [-0.2, 0) is 0 Å². The summed E-state index contributed by atoms with van der Waals surface area (Å²) in [5, 5.41) is 10.1. The molecule has 0 amide bonds. The van der Waals surface area contributed by atoms with Gasteiger partial charge in [-0.1, -0.05) is 17.7 Å². The fourth-order valence-electron chi connectivity index (χ4n) is 2.96. The minimum atomic E-state index is 0.280. The molecule has 0 saturated carbocycles. The van der Waals surface area contributed by atoms with Gasteiger partial charge in [-0.15, -0.1) is 0 Å². The van der Waals surface area contributed by atoms with E-state index in [0.717, 1.165) is 18.7 Å². The molecule has 1 saturated heterocycles. The molecular weight excluding hydrogens is 236 g/mol. The van der Waals surface area contributed by atoms with E-state index in [2.05, 4.69) is 43.8 Å². The lowest BCUT2D eigenvalue weighted by Gasteiger charge is -2.39. The molecule has 1 aromatic rings. The molecule has 0 aromatic heterocycles. The lowest BCUT2D eigenvalue weighted by molar-refractivity contribution is 0.101. The zero-order valence-electron chi connectivity index (χ0n) is 12.6. The summed E-state index contributed by atoms with van der Waals surface area (Å²) in [5.74, 6) is 0.421. The molecular formula is C16H26N2O. The summed E-state index contributed by atoms with van der Waals surface area (Å²) in [4.78, 5) is 4.80. The predicted octanol–water partition coefficient (Wildman–Crippen LogP) is 2.79. The maximum absolute atomic E-state index is 10.1. The summed E-state index contributed by atoms with van der Waals surface area (Å²) in [6, 6.07) is 6.80. The zero-order chi connectivity index (χ0) is 14.0. The first-order valence-corrected chi connectivity index (χ1v) is 7.19. The predicted molar refractivity (Wildman–Crippen MR) is 79.5 cm³/mol. The highest BCUT2D eigenvalue weighted by Crippen LogP contribution is 2.31. The number of phenolic OH excluding ortho intramolecular Hbond substituents is 1. The van der Waals surface area contributed by atoms with Crippen LogP contribution in [0.15, 0.2) is 18.2 Å². The molecule has 1 heterocycles. The fourth-order valence-corrected chi connectivity index (χ4v) is 2.96. The van der Waals surface area contributed by atoms with Crippen molar-refractivity contribution in [3.8, 4) is 5.75 Å². The third kappa shape index (κ3) is 3.28. The molecule has 0 radical (unpaired) electrons. The van der Waals surface area contributed by atoms with E-state index in [1.54, 1.807) is 0 Å². The van der Waals surface area contributed by atoms with E-state index in [1.165, 1.54) is 18.4 Å². The normalized spacial score (nSPS) is 22.7. The molecule has 3 heteroatoms. The van der Waals surface area contributed by atoms with E-state index in [4.69, 9.17) is 0 Å². The SMILES string of the molecule is Cc1ccc(O)c(C(C)N2CCCC(N(C)C)C2)c1. The second-order valence-electron chi connectivity index (χ2n) is 5.99. The van der Waals surface area contributed by atoms with Crippen molar-refractivity contribution in [3.63, 3.8) is 0 Å². The van der Waals surface area contributed by atoms with Crippen molar-refractivity contribution in [2.24, 2.45) is 0 Å². The Morgan fingerprint density at radius 3 is 2.79 bits per heavy atom. The average Bonchev–Trinajstić information content (AvgIpc) is 2.41. The van der Waals surface area contributed by atoms with Gasteiger partial charge in [0.05, 0.1) is 0 Å². The van der Waals surface area contributed by atoms with Crippen LogP contribution in [0.25, 0.3) is 0 Å². The Morgan fingerprint density at radius 2 is 2.11 bits per heavy atom. The third-order valence-electron chi connectivity index (χ3n) is 4.34. The lowest BCUT2D eigenvalue weighted by Crippen LogP contribution is -2.45. The monoisotopic (exact) mass is 262 g/mol. The first-order chi connectivity index (χ1) is 8.99. The van der Waals surface area contributed by atoms with Crippen LogP contribution in [-0.4, -0.2) is 48.1 Å². The molecule has 0 aliphatic carbocycles. The minimum Gasteiger partial charge on any atom is -0.508 e. The number of aryl methyl sites for hydroxylation is 1. The smallest absolute Gasteiger partial charge is 0.120 e. The number of hydrogen-bond acceptors (Lipinski definition) is 3. The second kappa shape index (κ2) is 5.93. The second-order valence-corrected chi connectivity index (χ2v) is 5.99. The van der Waals surface area contributed by atoms with Gasteiger partial charge >= 0.3 is 0 Å². The molecule has 3 nitrogen and oxygen atoms in total. The molecule has 1 fully saturated rings. The summed E-state index contributed by atoms with van der Waals surface area (Å²) < 4.78 is 0. The van der Waals surface area contributed by atoms with E-state index < -0.39 is 0 Å². The van der Waals surface area contributed by atoms with E-state index >= 15 is 0 Å². The van der Waals surface area contributed by atoms with Crippen LogP contribution in [0.1, 0.15) is 36.9 Å². The number of likely N-dealkylation sites (tertiary alicyclic amines) is 1. The topological polar surface area (TPSA) is 26.7 Å². The molecule has 0 spiro atoms. The fraction of sp³-hybridized carbons (Fsp3) is 0.625. The Hall–Kier alpha value is -1.06. The van der Waals surface area contributed by atoms with Crippen LogP contribution < -0.4 is 0 Å². The van der Waals surface area contributed by atoms with Gasteiger partial charge in [-0.05, 0) is 53.4 Å². The number of phenols is 1. The number of rotatable bonds is 3. The van der Waals surface area contributed by atoms with Crippen molar-refractivity contribution >= 4 is 0 Å². The maximum atomic E-state index is 10.1. The van der Waals surface area contributed by atoms with Gasteiger partial charge in [0.2, 0.25) is 0 Å². The quantitative estimate of drug-likeness (QED) is 0.907. The Balaban J connectivity index is 2.14. The molecule has 2 unspecified atom stereocenters. The molecule has 1 N–H and O–H groups in total. The number of aromatic hydroxyl groups is 1. The summed E-state index contributed by atoms with van der Waals surface area (Å²) >= 11 is 0. The average molecular weight is 262 g/mol. The van der Waals surface area contributed by atoms with Gasteiger partial charge in [0.25, 0.3) is 0 Å². The van der Waals surface area contributed by atoms with Gasteiger partial charge in [-0.25, -0.2) is 0 Å². The first-order valence-electron chi connectivity index (χ1n) is 7.19. The Kier molecular flexibility index (Phi) is 4.48. The number of piperidine rings is 1. The van der Waals surface area contributed by atoms with Crippen LogP contribution in [0.5, 0.6) is 5.75 Å². The Labute approximate surface area is 116 Å². The van der Waals surface area contributed by atoms with Gasteiger partial charge < -0.3 is 10.0 Å². The number of benzene rings is 1. The van der Waals surface area contributed by atoms with Crippen LogP contribution in [0.2, 0.25) is 0 Å².